The number of hydrogen-bond donors (Lipinski definition) is 3. The highest BCUT2D eigenvalue weighted by molar-refractivity contribution is 7.99. The molecule has 1 amide bonds. The first kappa shape index (κ1) is 18.3. The van der Waals surface area contributed by atoms with Gasteiger partial charge in [0.15, 0.2) is 0 Å². The number of rotatable bonds is 9. The zero-order valence-corrected chi connectivity index (χ0v) is 13.3. The molecule has 120 valence electrons. The van der Waals surface area contributed by atoms with E-state index < -0.39 is 16.9 Å². The topological polar surface area (TPSA) is 122 Å². The quantitative estimate of drug-likeness (QED) is 0.202. The predicted molar refractivity (Wildman–Crippen MR) is 84.7 cm³/mol. The van der Waals surface area contributed by atoms with Crippen LogP contribution in [0.2, 0.25) is 0 Å². The zero-order valence-electron chi connectivity index (χ0n) is 11.6. The van der Waals surface area contributed by atoms with Crippen LogP contribution in [-0.2, 0) is 9.59 Å². The summed E-state index contributed by atoms with van der Waals surface area (Å²) in [5.74, 6) is -0.747. The molecule has 0 heterocycles. The standard InChI is InChI=1S/C12H15N3O5S2/c1-8(16)13-7-21-6-9(12(17)18)14-22-11-5-3-2-4-10(11)15(19)20/h2-5,9,14H,6-7H2,1H3,(H,13,16)(H,17,18). The van der Waals surface area contributed by atoms with Gasteiger partial charge < -0.3 is 10.4 Å². The average Bonchev–Trinajstić information content (AvgIpc) is 2.45. The fraction of sp³-hybridized carbons (Fsp3) is 0.333. The van der Waals surface area contributed by atoms with Gasteiger partial charge in [-0.3, -0.25) is 19.7 Å². The number of nitro benzene ring substituents is 1. The molecule has 0 spiro atoms. The second-order valence-electron chi connectivity index (χ2n) is 4.08. The van der Waals surface area contributed by atoms with Crippen LogP contribution in [0.3, 0.4) is 0 Å². The van der Waals surface area contributed by atoms with Crippen molar-refractivity contribution in [2.24, 2.45) is 0 Å². The molecule has 0 aromatic heterocycles. The lowest BCUT2D eigenvalue weighted by Crippen LogP contribution is -2.35. The number of nitrogens with one attached hydrogen (secondary N) is 2. The third kappa shape index (κ3) is 6.33. The van der Waals surface area contributed by atoms with Crippen molar-refractivity contribution in [1.29, 1.82) is 0 Å². The molecular formula is C12H15N3O5S2. The maximum absolute atomic E-state index is 11.2. The van der Waals surface area contributed by atoms with E-state index in [9.17, 15) is 19.7 Å². The SMILES string of the molecule is CC(=O)NCSCC(NSc1ccccc1[N+](=O)[O-])C(=O)O. The van der Waals surface area contributed by atoms with E-state index in [2.05, 4.69) is 10.0 Å². The maximum Gasteiger partial charge on any atom is 0.322 e. The first-order valence-corrected chi connectivity index (χ1v) is 8.09. The fourth-order valence-corrected chi connectivity index (χ4v) is 3.15. The van der Waals surface area contributed by atoms with Gasteiger partial charge in [-0.2, -0.15) is 0 Å². The molecule has 3 N–H and O–H groups in total. The number of carbonyl (C=O) groups excluding carboxylic acids is 1. The monoisotopic (exact) mass is 345 g/mol. The van der Waals surface area contributed by atoms with Gasteiger partial charge in [-0.15, -0.1) is 11.8 Å². The predicted octanol–water partition coefficient (Wildman–Crippen LogP) is 1.47. The summed E-state index contributed by atoms with van der Waals surface area (Å²) < 4.78 is 2.70. The van der Waals surface area contributed by atoms with Crippen LogP contribution in [0.4, 0.5) is 5.69 Å². The van der Waals surface area contributed by atoms with Gasteiger partial charge in [0.1, 0.15) is 10.9 Å². The molecule has 1 atom stereocenters. The van der Waals surface area contributed by atoms with Gasteiger partial charge >= 0.3 is 5.97 Å². The van der Waals surface area contributed by atoms with Gasteiger partial charge in [-0.05, 0) is 18.0 Å². The summed E-state index contributed by atoms with van der Waals surface area (Å²) in [6, 6.07) is 5.17. The molecule has 0 aliphatic rings. The maximum atomic E-state index is 11.2. The Morgan fingerprint density at radius 3 is 2.68 bits per heavy atom. The summed E-state index contributed by atoms with van der Waals surface area (Å²) in [6.45, 7) is 1.37. The van der Waals surface area contributed by atoms with Gasteiger partial charge in [0.2, 0.25) is 5.91 Å². The van der Waals surface area contributed by atoms with Crippen molar-refractivity contribution in [3.05, 3.63) is 34.4 Å². The van der Waals surface area contributed by atoms with Crippen molar-refractivity contribution in [3.8, 4) is 0 Å². The number of aliphatic carboxylic acids is 1. The lowest BCUT2D eigenvalue weighted by molar-refractivity contribution is -0.387. The van der Waals surface area contributed by atoms with Crippen LogP contribution in [-0.4, -0.2) is 39.6 Å². The van der Waals surface area contributed by atoms with E-state index in [4.69, 9.17) is 5.11 Å². The molecule has 0 aliphatic carbocycles. The second-order valence-corrected chi connectivity index (χ2v) is 5.99. The van der Waals surface area contributed by atoms with Crippen LogP contribution in [0.25, 0.3) is 0 Å². The number of carbonyl (C=O) groups is 2. The van der Waals surface area contributed by atoms with E-state index in [1.165, 1.54) is 24.8 Å². The lowest BCUT2D eigenvalue weighted by Gasteiger charge is -2.13. The third-order valence-electron chi connectivity index (χ3n) is 2.38. The summed E-state index contributed by atoms with van der Waals surface area (Å²) in [5, 5.41) is 22.6. The number of hydrogen-bond acceptors (Lipinski definition) is 7. The number of thioether (sulfide) groups is 1. The van der Waals surface area contributed by atoms with E-state index in [0.717, 1.165) is 11.9 Å². The van der Waals surface area contributed by atoms with Crippen LogP contribution in [0.15, 0.2) is 29.2 Å². The number of carboxylic acids is 1. The van der Waals surface area contributed by atoms with Crippen molar-refractivity contribution in [3.63, 3.8) is 0 Å². The van der Waals surface area contributed by atoms with Gasteiger partial charge in [-0.1, -0.05) is 12.1 Å². The Hall–Kier alpha value is -1.78. The molecule has 10 heteroatoms. The van der Waals surface area contributed by atoms with Crippen LogP contribution in [0.1, 0.15) is 6.92 Å². The highest BCUT2D eigenvalue weighted by atomic mass is 32.2. The van der Waals surface area contributed by atoms with Crippen molar-refractivity contribution in [1.82, 2.24) is 10.0 Å². The Morgan fingerprint density at radius 2 is 2.09 bits per heavy atom. The van der Waals surface area contributed by atoms with E-state index in [0.29, 0.717) is 10.8 Å². The molecule has 1 unspecified atom stereocenters. The first-order chi connectivity index (χ1) is 10.4. The van der Waals surface area contributed by atoms with Crippen molar-refractivity contribution >= 4 is 41.3 Å². The molecule has 1 aromatic carbocycles. The molecule has 22 heavy (non-hydrogen) atoms. The second kappa shape index (κ2) is 9.28. The van der Waals surface area contributed by atoms with E-state index in [-0.39, 0.29) is 17.3 Å². The summed E-state index contributed by atoms with van der Waals surface area (Å²) in [4.78, 5) is 32.6. The van der Waals surface area contributed by atoms with Gasteiger partial charge in [0.25, 0.3) is 5.69 Å². The minimum atomic E-state index is -1.07. The molecule has 0 saturated heterocycles. The largest absolute Gasteiger partial charge is 0.480 e. The Labute approximate surface area is 135 Å². The summed E-state index contributed by atoms with van der Waals surface area (Å²) in [6.07, 6.45) is 0. The van der Waals surface area contributed by atoms with Crippen molar-refractivity contribution < 1.29 is 19.6 Å². The van der Waals surface area contributed by atoms with Gasteiger partial charge in [0.05, 0.1) is 10.8 Å². The van der Waals surface area contributed by atoms with E-state index >= 15 is 0 Å². The normalized spacial score (nSPS) is 11.7. The van der Waals surface area contributed by atoms with Gasteiger partial charge in [-0.25, -0.2) is 4.72 Å². The zero-order chi connectivity index (χ0) is 16.5. The summed E-state index contributed by atoms with van der Waals surface area (Å²) in [5.41, 5.74) is -0.0879. The molecule has 1 aromatic rings. The van der Waals surface area contributed by atoms with Crippen molar-refractivity contribution in [2.75, 3.05) is 11.6 Å². The molecule has 0 saturated carbocycles. The Balaban J connectivity index is 2.56. The lowest BCUT2D eigenvalue weighted by atomic mass is 10.3. The van der Waals surface area contributed by atoms with Crippen LogP contribution in [0.5, 0.6) is 0 Å². The van der Waals surface area contributed by atoms with Crippen LogP contribution < -0.4 is 10.0 Å². The number of benzene rings is 1. The minimum Gasteiger partial charge on any atom is -0.480 e. The fourth-order valence-electron chi connectivity index (χ4n) is 1.31. The third-order valence-corrected chi connectivity index (χ3v) is 4.26. The molecule has 8 nitrogen and oxygen atoms in total. The molecule has 0 radical (unpaired) electrons. The smallest absolute Gasteiger partial charge is 0.322 e. The van der Waals surface area contributed by atoms with E-state index in [1.54, 1.807) is 18.2 Å². The molecule has 0 aliphatic heterocycles. The molecule has 1 rings (SSSR count). The number of carboxylic acid groups (broad SMARTS) is 1. The van der Waals surface area contributed by atoms with Crippen LogP contribution >= 0.6 is 23.7 Å². The highest BCUT2D eigenvalue weighted by Crippen LogP contribution is 2.27. The number of amides is 1. The number of para-hydroxylation sites is 1. The average molecular weight is 345 g/mol. The Morgan fingerprint density at radius 1 is 1.41 bits per heavy atom. The Kier molecular flexibility index (Phi) is 7.71. The summed E-state index contributed by atoms with van der Waals surface area (Å²) in [7, 11) is 0. The molecule has 0 fully saturated rings. The molecule has 0 bridgehead atoms. The minimum absolute atomic E-state index is 0.0879. The van der Waals surface area contributed by atoms with Crippen LogP contribution in [0, 0.1) is 10.1 Å². The number of nitrogens with zero attached hydrogens (tertiary/aromatic N) is 1. The first-order valence-electron chi connectivity index (χ1n) is 6.12. The van der Waals surface area contributed by atoms with E-state index in [1.807, 2.05) is 0 Å². The summed E-state index contributed by atoms with van der Waals surface area (Å²) >= 11 is 2.14. The van der Waals surface area contributed by atoms with Crippen molar-refractivity contribution in [2.45, 2.75) is 17.9 Å². The Bertz CT molecular complexity index is 555. The van der Waals surface area contributed by atoms with Gasteiger partial charge in [0, 0.05) is 18.7 Å². The highest BCUT2D eigenvalue weighted by Gasteiger charge is 2.20. The molecular weight excluding hydrogens is 330 g/mol. The number of nitro groups is 1.